The molecule has 0 saturated carbocycles. The Morgan fingerprint density at radius 2 is 1.75 bits per heavy atom. The van der Waals surface area contributed by atoms with E-state index in [4.69, 9.17) is 0 Å². The van der Waals surface area contributed by atoms with Gasteiger partial charge < -0.3 is 0 Å². The Morgan fingerprint density at radius 1 is 1.04 bits per heavy atom. The number of para-hydroxylation sites is 1. The van der Waals surface area contributed by atoms with E-state index in [9.17, 15) is 8.42 Å². The van der Waals surface area contributed by atoms with Crippen molar-refractivity contribution in [2.24, 2.45) is 0 Å². The van der Waals surface area contributed by atoms with Crippen molar-refractivity contribution >= 4 is 10.0 Å². The van der Waals surface area contributed by atoms with Gasteiger partial charge in [0.2, 0.25) is 10.0 Å². The number of piperidine rings is 1. The molecule has 0 amide bonds. The Labute approximate surface area is 164 Å². The number of rotatable bonds is 5. The minimum atomic E-state index is -3.55. The monoisotopic (exact) mass is 401 g/mol. The summed E-state index contributed by atoms with van der Waals surface area (Å²) in [6, 6.07) is 9.56. The Hall–Kier alpha value is -2.59. The van der Waals surface area contributed by atoms with Crippen LogP contribution in [0.2, 0.25) is 0 Å². The first-order chi connectivity index (χ1) is 13.5. The second-order valence-electron chi connectivity index (χ2n) is 6.96. The van der Waals surface area contributed by atoms with Crippen LogP contribution in [-0.4, -0.2) is 55.8 Å². The van der Waals surface area contributed by atoms with Crippen LogP contribution in [0, 0.1) is 13.8 Å². The molecule has 1 saturated heterocycles. The lowest BCUT2D eigenvalue weighted by molar-refractivity contribution is 0.346. The van der Waals surface area contributed by atoms with E-state index in [1.54, 1.807) is 27.5 Å². The molecule has 1 aromatic carbocycles. The molecule has 0 aliphatic carbocycles. The summed E-state index contributed by atoms with van der Waals surface area (Å²) in [7, 11) is -3.55. The number of hydrogen-bond acceptors (Lipinski definition) is 6. The minimum absolute atomic E-state index is 0.282. The molecule has 1 aliphatic rings. The summed E-state index contributed by atoms with van der Waals surface area (Å²) in [5.41, 5.74) is 1.94. The third-order valence-corrected chi connectivity index (χ3v) is 7.21. The molecule has 1 fully saturated rings. The fraction of sp³-hybridized carbons (Fsp3) is 0.444. The highest BCUT2D eigenvalue weighted by atomic mass is 32.2. The van der Waals surface area contributed by atoms with Crippen molar-refractivity contribution in [3.8, 4) is 5.69 Å². The van der Waals surface area contributed by atoms with Crippen molar-refractivity contribution in [1.82, 2.24) is 34.3 Å². The van der Waals surface area contributed by atoms with E-state index in [1.165, 1.54) is 0 Å². The smallest absolute Gasteiger partial charge is 0.246 e. The fourth-order valence-electron chi connectivity index (χ4n) is 3.65. The molecule has 0 atom stereocenters. The van der Waals surface area contributed by atoms with E-state index in [2.05, 4.69) is 20.6 Å². The standard InChI is InChI=1S/C18H23N7O2S/c1-14-18(28(26,27)23-11-7-4-8-12-23)15(2)24(20-14)13-17-19-21-22-25(17)16-9-5-3-6-10-16/h3,5-6,9-10H,4,7-8,11-13H2,1-2H3. The highest BCUT2D eigenvalue weighted by molar-refractivity contribution is 7.89. The Balaban J connectivity index is 1.67. The maximum absolute atomic E-state index is 13.2. The molecular weight excluding hydrogens is 378 g/mol. The van der Waals surface area contributed by atoms with Gasteiger partial charge in [0.15, 0.2) is 5.82 Å². The third-order valence-electron chi connectivity index (χ3n) is 5.05. The zero-order valence-corrected chi connectivity index (χ0v) is 16.8. The Kier molecular flexibility index (Phi) is 4.98. The van der Waals surface area contributed by atoms with Crippen molar-refractivity contribution in [3.63, 3.8) is 0 Å². The van der Waals surface area contributed by atoms with Crippen LogP contribution in [0.3, 0.4) is 0 Å². The number of aromatic nitrogens is 6. The van der Waals surface area contributed by atoms with Crippen LogP contribution < -0.4 is 0 Å². The number of sulfonamides is 1. The number of tetrazole rings is 1. The Morgan fingerprint density at radius 3 is 2.46 bits per heavy atom. The zero-order chi connectivity index (χ0) is 19.7. The summed E-state index contributed by atoms with van der Waals surface area (Å²) in [4.78, 5) is 0.299. The van der Waals surface area contributed by atoms with Crippen LogP contribution in [0.5, 0.6) is 0 Å². The van der Waals surface area contributed by atoms with Gasteiger partial charge in [0.1, 0.15) is 11.4 Å². The summed E-state index contributed by atoms with van der Waals surface area (Å²) in [6.45, 7) is 4.94. The topological polar surface area (TPSA) is 98.8 Å². The van der Waals surface area contributed by atoms with Crippen LogP contribution in [0.1, 0.15) is 36.5 Å². The van der Waals surface area contributed by atoms with Crippen molar-refractivity contribution in [2.45, 2.75) is 44.6 Å². The van der Waals surface area contributed by atoms with Gasteiger partial charge in [-0.15, -0.1) is 5.10 Å². The molecule has 3 aromatic rings. The summed E-state index contributed by atoms with van der Waals surface area (Å²) in [5.74, 6) is 0.582. The van der Waals surface area contributed by atoms with Gasteiger partial charge in [0.25, 0.3) is 0 Å². The predicted octanol–water partition coefficient (Wildman–Crippen LogP) is 1.70. The molecule has 0 bridgehead atoms. The molecule has 10 heteroatoms. The van der Waals surface area contributed by atoms with Gasteiger partial charge >= 0.3 is 0 Å². The van der Waals surface area contributed by atoms with E-state index >= 15 is 0 Å². The lowest BCUT2D eigenvalue weighted by Gasteiger charge is -2.25. The molecule has 28 heavy (non-hydrogen) atoms. The summed E-state index contributed by atoms with van der Waals surface area (Å²) in [5, 5.41) is 16.4. The van der Waals surface area contributed by atoms with Gasteiger partial charge in [0.05, 0.1) is 17.1 Å². The maximum atomic E-state index is 13.2. The van der Waals surface area contributed by atoms with E-state index in [0.29, 0.717) is 35.2 Å². The van der Waals surface area contributed by atoms with Crippen LogP contribution >= 0.6 is 0 Å². The number of hydrogen-bond donors (Lipinski definition) is 0. The molecule has 9 nitrogen and oxygen atoms in total. The van der Waals surface area contributed by atoms with Gasteiger partial charge in [-0.2, -0.15) is 14.1 Å². The normalized spacial score (nSPS) is 15.8. The summed E-state index contributed by atoms with van der Waals surface area (Å²) in [6.07, 6.45) is 2.88. The Bertz CT molecular complexity index is 1070. The highest BCUT2D eigenvalue weighted by Gasteiger charge is 2.32. The van der Waals surface area contributed by atoms with Crippen LogP contribution in [0.4, 0.5) is 0 Å². The maximum Gasteiger partial charge on any atom is 0.246 e. The molecule has 148 valence electrons. The summed E-state index contributed by atoms with van der Waals surface area (Å²) < 4.78 is 31.2. The largest absolute Gasteiger partial charge is 0.260 e. The summed E-state index contributed by atoms with van der Waals surface area (Å²) >= 11 is 0. The first-order valence-electron chi connectivity index (χ1n) is 9.35. The van der Waals surface area contributed by atoms with E-state index < -0.39 is 10.0 Å². The third kappa shape index (κ3) is 3.33. The molecule has 2 aromatic heterocycles. The quantitative estimate of drug-likeness (QED) is 0.645. The molecule has 3 heterocycles. The molecule has 1 aliphatic heterocycles. The first-order valence-corrected chi connectivity index (χ1v) is 10.8. The minimum Gasteiger partial charge on any atom is -0.260 e. The average molecular weight is 401 g/mol. The molecular formula is C18H23N7O2S. The molecule has 0 radical (unpaired) electrons. The number of aryl methyl sites for hydroxylation is 1. The number of nitrogens with zero attached hydrogens (tertiary/aromatic N) is 7. The van der Waals surface area contributed by atoms with E-state index in [1.807, 2.05) is 30.3 Å². The van der Waals surface area contributed by atoms with Crippen molar-refractivity contribution in [2.75, 3.05) is 13.1 Å². The first kappa shape index (κ1) is 18.8. The molecule has 0 unspecified atom stereocenters. The average Bonchev–Trinajstić information content (AvgIpc) is 3.28. The van der Waals surface area contributed by atoms with Crippen LogP contribution in [-0.2, 0) is 16.6 Å². The van der Waals surface area contributed by atoms with Crippen LogP contribution in [0.15, 0.2) is 35.2 Å². The second kappa shape index (κ2) is 7.44. The lowest BCUT2D eigenvalue weighted by atomic mass is 10.2. The number of benzene rings is 1. The van der Waals surface area contributed by atoms with E-state index in [0.717, 1.165) is 24.9 Å². The molecule has 0 N–H and O–H groups in total. The van der Waals surface area contributed by atoms with Gasteiger partial charge in [0, 0.05) is 13.1 Å². The van der Waals surface area contributed by atoms with Crippen molar-refractivity contribution < 1.29 is 8.42 Å². The molecule has 4 rings (SSSR count). The van der Waals surface area contributed by atoms with Gasteiger partial charge in [-0.3, -0.25) is 4.68 Å². The van der Waals surface area contributed by atoms with Gasteiger partial charge in [-0.25, -0.2) is 8.42 Å². The lowest BCUT2D eigenvalue weighted by Crippen LogP contribution is -2.36. The molecule has 0 spiro atoms. The highest BCUT2D eigenvalue weighted by Crippen LogP contribution is 2.26. The fourth-order valence-corrected chi connectivity index (χ4v) is 5.54. The second-order valence-corrected chi connectivity index (χ2v) is 8.84. The van der Waals surface area contributed by atoms with E-state index in [-0.39, 0.29) is 6.54 Å². The van der Waals surface area contributed by atoms with Crippen LogP contribution in [0.25, 0.3) is 5.69 Å². The van der Waals surface area contributed by atoms with Gasteiger partial charge in [-0.1, -0.05) is 24.6 Å². The van der Waals surface area contributed by atoms with Crippen molar-refractivity contribution in [1.29, 1.82) is 0 Å². The van der Waals surface area contributed by atoms with Crippen molar-refractivity contribution in [3.05, 3.63) is 47.5 Å². The zero-order valence-electron chi connectivity index (χ0n) is 16.0. The SMILES string of the molecule is Cc1nn(Cc2nnnn2-c2ccccc2)c(C)c1S(=O)(=O)N1CCCCC1. The van der Waals surface area contributed by atoms with Gasteiger partial charge in [-0.05, 0) is 49.2 Å². The predicted molar refractivity (Wildman–Crippen MR) is 103 cm³/mol.